The Morgan fingerprint density at radius 3 is 2.89 bits per heavy atom. The van der Waals surface area contributed by atoms with Gasteiger partial charge in [-0.1, -0.05) is 13.0 Å². The van der Waals surface area contributed by atoms with Gasteiger partial charge in [-0.15, -0.1) is 11.3 Å². The van der Waals surface area contributed by atoms with Crippen LogP contribution in [0, 0.1) is 5.92 Å². The Morgan fingerprint density at radius 1 is 1.11 bits per heavy atom. The van der Waals surface area contributed by atoms with Gasteiger partial charge in [0.1, 0.15) is 17.3 Å². The zero-order valence-electron chi connectivity index (χ0n) is 19.7. The van der Waals surface area contributed by atoms with E-state index in [1.807, 2.05) is 43.3 Å². The summed E-state index contributed by atoms with van der Waals surface area (Å²) in [6.45, 7) is 5.28. The highest BCUT2D eigenvalue weighted by Crippen LogP contribution is 2.38. The Balaban J connectivity index is 1.29. The Morgan fingerprint density at radius 2 is 2.00 bits per heavy atom. The molecule has 7 nitrogen and oxygen atoms in total. The van der Waals surface area contributed by atoms with Crippen LogP contribution in [0.3, 0.4) is 0 Å². The van der Waals surface area contributed by atoms with Crippen LogP contribution in [0.25, 0.3) is 21.6 Å². The van der Waals surface area contributed by atoms with Crippen LogP contribution in [-0.2, 0) is 19.4 Å². The third kappa shape index (κ3) is 4.12. The van der Waals surface area contributed by atoms with E-state index in [1.165, 1.54) is 10.4 Å². The predicted molar refractivity (Wildman–Crippen MR) is 135 cm³/mol. The topological polar surface area (TPSA) is 82.7 Å². The summed E-state index contributed by atoms with van der Waals surface area (Å²) >= 11 is 1.65. The highest BCUT2D eigenvalue weighted by molar-refractivity contribution is 7.18. The van der Waals surface area contributed by atoms with Crippen LogP contribution in [-0.4, -0.2) is 23.4 Å². The van der Waals surface area contributed by atoms with Gasteiger partial charge in [-0.3, -0.25) is 4.79 Å². The number of nitrogens with one attached hydrogen (secondary N) is 1. The van der Waals surface area contributed by atoms with E-state index in [-0.39, 0.29) is 12.4 Å². The monoisotopic (exact) mass is 490 g/mol. The van der Waals surface area contributed by atoms with Crippen molar-refractivity contribution >= 4 is 21.6 Å². The quantitative estimate of drug-likeness (QED) is 0.385. The number of fused-ring (bicyclic) bond motifs is 4. The Labute approximate surface area is 206 Å². The first-order chi connectivity index (χ1) is 17.1. The Kier molecular flexibility index (Phi) is 5.60. The predicted octanol–water partition coefficient (Wildman–Crippen LogP) is 5.48. The van der Waals surface area contributed by atoms with Crippen LogP contribution < -0.4 is 24.5 Å². The molecule has 0 saturated carbocycles. The van der Waals surface area contributed by atoms with Gasteiger partial charge in [0.2, 0.25) is 6.79 Å². The molecule has 2 aromatic heterocycles. The minimum Gasteiger partial charge on any atom is -0.490 e. The standard InChI is InChI=1S/C27H26N2O5S/c1-3-31-22-12-17(6-9-19(22)32-13-16-5-8-20-21(11-16)34-14-33-20)25-28-26(30)24-18-7-4-15(2)10-23(18)35-27(24)29-25/h5-6,8-9,11-12,15H,3-4,7,10,13-14H2,1-2H3,(H,28,29,30). The zero-order chi connectivity index (χ0) is 23.9. The molecule has 180 valence electrons. The number of nitrogens with zero attached hydrogens (tertiary/aromatic N) is 1. The van der Waals surface area contributed by atoms with Gasteiger partial charge in [0.25, 0.3) is 5.56 Å². The second-order valence-corrected chi connectivity index (χ2v) is 10.1. The second kappa shape index (κ2) is 8.92. The molecule has 35 heavy (non-hydrogen) atoms. The molecule has 1 aliphatic heterocycles. The summed E-state index contributed by atoms with van der Waals surface area (Å²) in [6, 6.07) is 11.4. The van der Waals surface area contributed by atoms with E-state index < -0.39 is 0 Å². The third-order valence-corrected chi connectivity index (χ3v) is 7.66. The maximum absolute atomic E-state index is 13.0. The number of aromatic amines is 1. The van der Waals surface area contributed by atoms with E-state index in [9.17, 15) is 4.79 Å². The molecule has 0 spiro atoms. The van der Waals surface area contributed by atoms with Crippen molar-refractivity contribution in [2.45, 2.75) is 39.7 Å². The first kappa shape index (κ1) is 22.0. The van der Waals surface area contributed by atoms with Crippen molar-refractivity contribution in [3.8, 4) is 34.4 Å². The Bertz CT molecular complexity index is 1470. The third-order valence-electron chi connectivity index (χ3n) is 6.51. The van der Waals surface area contributed by atoms with E-state index in [0.29, 0.717) is 36.5 Å². The lowest BCUT2D eigenvalue weighted by Crippen LogP contribution is -2.13. The zero-order valence-corrected chi connectivity index (χ0v) is 20.5. The van der Waals surface area contributed by atoms with Gasteiger partial charge in [-0.05, 0) is 73.6 Å². The lowest BCUT2D eigenvalue weighted by molar-refractivity contribution is 0.174. The number of thiophene rings is 1. The van der Waals surface area contributed by atoms with Crippen molar-refractivity contribution in [1.82, 2.24) is 9.97 Å². The number of ether oxygens (including phenoxy) is 4. The molecular formula is C27H26N2O5S. The summed E-state index contributed by atoms with van der Waals surface area (Å²) in [4.78, 5) is 23.0. The summed E-state index contributed by atoms with van der Waals surface area (Å²) in [6.07, 6.45) is 3.09. The van der Waals surface area contributed by atoms with E-state index >= 15 is 0 Å². The smallest absolute Gasteiger partial charge is 0.260 e. The van der Waals surface area contributed by atoms with Gasteiger partial charge < -0.3 is 23.9 Å². The molecule has 8 heteroatoms. The number of aromatic nitrogens is 2. The van der Waals surface area contributed by atoms with Crippen LogP contribution in [0.15, 0.2) is 41.2 Å². The molecule has 0 radical (unpaired) electrons. The summed E-state index contributed by atoms with van der Waals surface area (Å²) < 4.78 is 22.8. The lowest BCUT2D eigenvalue weighted by Gasteiger charge is -2.17. The van der Waals surface area contributed by atoms with Gasteiger partial charge in [0, 0.05) is 10.4 Å². The minimum absolute atomic E-state index is 0.0712. The molecule has 1 atom stereocenters. The van der Waals surface area contributed by atoms with Gasteiger partial charge in [0.15, 0.2) is 23.0 Å². The molecule has 1 unspecified atom stereocenters. The van der Waals surface area contributed by atoms with Crippen molar-refractivity contribution < 1.29 is 18.9 Å². The second-order valence-electron chi connectivity index (χ2n) is 9.02. The fraction of sp³-hybridized carbons (Fsp3) is 0.333. The van der Waals surface area contributed by atoms with Crippen LogP contribution in [0.4, 0.5) is 0 Å². The normalized spacial score (nSPS) is 16.3. The first-order valence-electron chi connectivity index (χ1n) is 11.9. The number of hydrogen-bond donors (Lipinski definition) is 1. The number of hydrogen-bond acceptors (Lipinski definition) is 7. The molecule has 0 saturated heterocycles. The number of H-pyrrole nitrogens is 1. The van der Waals surface area contributed by atoms with Gasteiger partial charge in [-0.25, -0.2) is 4.98 Å². The van der Waals surface area contributed by atoms with Crippen molar-refractivity contribution in [3.05, 3.63) is 62.8 Å². The molecule has 6 rings (SSSR count). The number of rotatable bonds is 6. The molecule has 3 heterocycles. The van der Waals surface area contributed by atoms with Crippen LogP contribution >= 0.6 is 11.3 Å². The van der Waals surface area contributed by atoms with E-state index in [4.69, 9.17) is 23.9 Å². The molecule has 1 aliphatic carbocycles. The fourth-order valence-corrected chi connectivity index (χ4v) is 6.10. The average molecular weight is 491 g/mol. The van der Waals surface area contributed by atoms with Crippen LogP contribution in [0.2, 0.25) is 0 Å². The molecule has 2 aliphatic rings. The lowest BCUT2D eigenvalue weighted by atomic mass is 9.89. The highest BCUT2D eigenvalue weighted by Gasteiger charge is 2.23. The molecule has 1 N–H and O–H groups in total. The number of benzene rings is 2. The SMILES string of the molecule is CCOc1cc(-c2nc3sc4c(c3c(=O)[nH]2)CCC(C)C4)ccc1OCc1ccc2c(c1)OCO2. The first-order valence-corrected chi connectivity index (χ1v) is 12.7. The highest BCUT2D eigenvalue weighted by atomic mass is 32.1. The summed E-state index contributed by atoms with van der Waals surface area (Å²) in [7, 11) is 0. The molecular weight excluding hydrogens is 464 g/mol. The van der Waals surface area contributed by atoms with Crippen molar-refractivity contribution in [2.24, 2.45) is 5.92 Å². The largest absolute Gasteiger partial charge is 0.490 e. The minimum atomic E-state index is -0.0712. The van der Waals surface area contributed by atoms with E-state index in [1.54, 1.807) is 11.3 Å². The van der Waals surface area contributed by atoms with Gasteiger partial charge >= 0.3 is 0 Å². The number of aryl methyl sites for hydroxylation is 1. The summed E-state index contributed by atoms with van der Waals surface area (Å²) in [5, 5.41) is 0.759. The molecule has 0 fully saturated rings. The fourth-order valence-electron chi connectivity index (χ4n) is 4.72. The maximum Gasteiger partial charge on any atom is 0.260 e. The van der Waals surface area contributed by atoms with E-state index in [0.717, 1.165) is 52.1 Å². The maximum atomic E-state index is 13.0. The Hall–Kier alpha value is -3.52. The molecule has 4 aromatic rings. The van der Waals surface area contributed by atoms with Gasteiger partial charge in [-0.2, -0.15) is 0 Å². The van der Waals surface area contributed by atoms with Crippen molar-refractivity contribution in [1.29, 1.82) is 0 Å². The van der Waals surface area contributed by atoms with Crippen LogP contribution in [0.1, 0.15) is 36.3 Å². The van der Waals surface area contributed by atoms with Crippen molar-refractivity contribution in [3.63, 3.8) is 0 Å². The molecule has 0 bridgehead atoms. The van der Waals surface area contributed by atoms with Crippen LogP contribution in [0.5, 0.6) is 23.0 Å². The molecule has 0 amide bonds. The van der Waals surface area contributed by atoms with Gasteiger partial charge in [0.05, 0.1) is 12.0 Å². The summed E-state index contributed by atoms with van der Waals surface area (Å²) in [5.41, 5.74) is 2.86. The molecule has 2 aromatic carbocycles. The van der Waals surface area contributed by atoms with E-state index in [2.05, 4.69) is 11.9 Å². The average Bonchev–Trinajstić information content (AvgIpc) is 3.47. The van der Waals surface area contributed by atoms with Crippen molar-refractivity contribution in [2.75, 3.05) is 13.4 Å². The summed E-state index contributed by atoms with van der Waals surface area (Å²) in [5.74, 6) is 3.88.